The molecule has 1 aromatic carbocycles. The van der Waals surface area contributed by atoms with Crippen molar-refractivity contribution < 1.29 is 5.11 Å². The van der Waals surface area contributed by atoms with Crippen LogP contribution in [0.15, 0.2) is 30.3 Å². The predicted octanol–water partition coefficient (Wildman–Crippen LogP) is 5.61. The first-order valence-electron chi connectivity index (χ1n) is 8.71. The molecule has 23 heavy (non-hydrogen) atoms. The molecule has 0 radical (unpaired) electrons. The van der Waals surface area contributed by atoms with E-state index in [0.717, 1.165) is 42.1 Å². The second-order valence-corrected chi connectivity index (χ2v) is 13.9. The average molecular weight is 397 g/mol. The van der Waals surface area contributed by atoms with Gasteiger partial charge >= 0.3 is 0 Å². The Morgan fingerprint density at radius 1 is 1.26 bits per heavy atom. The van der Waals surface area contributed by atoms with Gasteiger partial charge in [0.2, 0.25) is 0 Å². The quantitative estimate of drug-likeness (QED) is 0.593. The van der Waals surface area contributed by atoms with E-state index in [2.05, 4.69) is 39.8 Å². The van der Waals surface area contributed by atoms with Gasteiger partial charge in [-0.15, -0.1) is 6.42 Å². The van der Waals surface area contributed by atoms with E-state index in [1.54, 1.807) is 0 Å². The first-order valence-corrected chi connectivity index (χ1v) is 12.7. The van der Waals surface area contributed by atoms with Gasteiger partial charge in [-0.25, -0.2) is 0 Å². The zero-order chi connectivity index (χ0) is 16.8. The lowest BCUT2D eigenvalue weighted by molar-refractivity contribution is -0.0412. The van der Waals surface area contributed by atoms with Gasteiger partial charge in [0, 0.05) is 5.75 Å². The summed E-state index contributed by atoms with van der Waals surface area (Å²) >= 11 is 3.92. The Bertz CT molecular complexity index is 520. The van der Waals surface area contributed by atoms with Crippen LogP contribution in [0.3, 0.4) is 0 Å². The minimum Gasteiger partial charge on any atom is -0.385 e. The van der Waals surface area contributed by atoms with E-state index in [0.29, 0.717) is 5.92 Å². The second kappa shape index (κ2) is 8.60. The second-order valence-electron chi connectivity index (χ2n) is 6.66. The predicted molar refractivity (Wildman–Crippen MR) is 107 cm³/mol. The standard InChI is InChI=1S/C20H29BrOS/c1-3-16-23(21,4-2)17-15-20(22,18-11-7-5-8-12-18)19-13-9-6-10-14-19/h1,5,7-8,11-12,19,22H,4,6,9-10,13-17H2,2H3. The molecule has 0 spiro atoms. The molecule has 1 N–H and O–H groups in total. The Hall–Kier alpha value is -0.430. The normalized spacial score (nSPS) is 22.5. The minimum atomic E-state index is -0.990. The monoisotopic (exact) mass is 396 g/mol. The van der Waals surface area contributed by atoms with Crippen molar-refractivity contribution in [3.63, 3.8) is 0 Å². The van der Waals surface area contributed by atoms with Gasteiger partial charge in [-0.05, 0) is 57.1 Å². The van der Waals surface area contributed by atoms with E-state index >= 15 is 0 Å². The highest BCUT2D eigenvalue weighted by molar-refractivity contribution is 9.58. The molecule has 1 saturated carbocycles. The molecule has 1 aliphatic rings. The van der Waals surface area contributed by atoms with Gasteiger partial charge in [0.25, 0.3) is 0 Å². The molecule has 1 aromatic rings. The fourth-order valence-electron chi connectivity index (χ4n) is 3.70. The molecule has 0 aliphatic heterocycles. The molecule has 0 saturated heterocycles. The number of benzene rings is 1. The van der Waals surface area contributed by atoms with Crippen LogP contribution in [0.5, 0.6) is 0 Å². The smallest absolute Gasteiger partial charge is 0.0932 e. The van der Waals surface area contributed by atoms with Crippen molar-refractivity contribution in [1.82, 2.24) is 0 Å². The molecule has 0 amide bonds. The van der Waals surface area contributed by atoms with E-state index in [1.807, 2.05) is 18.2 Å². The molecule has 1 fully saturated rings. The van der Waals surface area contributed by atoms with Gasteiger partial charge < -0.3 is 5.11 Å². The molecular formula is C20H29BrOS. The number of terminal acetylenes is 1. The van der Waals surface area contributed by atoms with Gasteiger partial charge in [0.15, 0.2) is 0 Å². The number of aliphatic hydroxyl groups is 1. The maximum atomic E-state index is 11.7. The zero-order valence-corrected chi connectivity index (χ0v) is 16.5. The van der Waals surface area contributed by atoms with Gasteiger partial charge in [0.1, 0.15) is 0 Å². The summed E-state index contributed by atoms with van der Waals surface area (Å²) in [5, 5.41) is 11.7. The molecule has 0 heterocycles. The van der Waals surface area contributed by atoms with E-state index < -0.39 is 14.1 Å². The van der Waals surface area contributed by atoms with Crippen LogP contribution < -0.4 is 0 Å². The number of halogens is 1. The third-order valence-electron chi connectivity index (χ3n) is 5.26. The van der Waals surface area contributed by atoms with Gasteiger partial charge in [0.05, 0.1) is 5.60 Å². The molecule has 2 unspecified atom stereocenters. The fourth-order valence-corrected chi connectivity index (χ4v) is 6.19. The van der Waals surface area contributed by atoms with Crippen LogP contribution in [0.4, 0.5) is 0 Å². The summed E-state index contributed by atoms with van der Waals surface area (Å²) in [4.78, 5) is 0. The van der Waals surface area contributed by atoms with Crippen molar-refractivity contribution in [2.75, 3.05) is 17.3 Å². The van der Waals surface area contributed by atoms with Gasteiger partial charge in [-0.3, -0.25) is 0 Å². The Morgan fingerprint density at radius 3 is 2.48 bits per heavy atom. The first-order chi connectivity index (χ1) is 11.0. The van der Waals surface area contributed by atoms with Crippen LogP contribution in [-0.2, 0) is 5.60 Å². The molecule has 1 nitrogen and oxygen atoms in total. The van der Waals surface area contributed by atoms with E-state index in [9.17, 15) is 5.11 Å². The fraction of sp³-hybridized carbons (Fsp3) is 0.600. The van der Waals surface area contributed by atoms with Crippen LogP contribution in [0.1, 0.15) is 51.0 Å². The number of rotatable bonds is 7. The first kappa shape index (κ1) is 18.9. The summed E-state index contributed by atoms with van der Waals surface area (Å²) in [7, 11) is -0.990. The van der Waals surface area contributed by atoms with E-state index in [-0.39, 0.29) is 0 Å². The van der Waals surface area contributed by atoms with Crippen molar-refractivity contribution in [3.8, 4) is 12.3 Å². The van der Waals surface area contributed by atoms with Crippen LogP contribution in [0.25, 0.3) is 0 Å². The summed E-state index contributed by atoms with van der Waals surface area (Å²) in [6.07, 6.45) is 12.4. The lowest BCUT2D eigenvalue weighted by Crippen LogP contribution is -2.38. The Morgan fingerprint density at radius 2 is 1.91 bits per heavy atom. The highest BCUT2D eigenvalue weighted by atomic mass is 79.9. The molecule has 3 heteroatoms. The zero-order valence-electron chi connectivity index (χ0n) is 14.1. The SMILES string of the molecule is C#CCS(Br)(CC)CCC(O)(c1ccccc1)C1CCCCC1. The summed E-state index contributed by atoms with van der Waals surface area (Å²) in [6, 6.07) is 10.3. The Kier molecular flexibility index (Phi) is 7.07. The molecule has 2 atom stereocenters. The lowest BCUT2D eigenvalue weighted by atomic mass is 9.72. The number of hydrogen-bond donors (Lipinski definition) is 1. The third kappa shape index (κ3) is 4.78. The molecule has 1 aliphatic carbocycles. The van der Waals surface area contributed by atoms with Gasteiger partial charge in [-0.2, -0.15) is 8.46 Å². The van der Waals surface area contributed by atoms with E-state index in [1.165, 1.54) is 19.3 Å². The van der Waals surface area contributed by atoms with Crippen molar-refractivity contribution >= 4 is 23.3 Å². The molecule has 2 rings (SSSR count). The van der Waals surface area contributed by atoms with Crippen LogP contribution in [0.2, 0.25) is 0 Å². The largest absolute Gasteiger partial charge is 0.385 e. The molecule has 0 bridgehead atoms. The molecule has 128 valence electrons. The molecule has 0 aromatic heterocycles. The van der Waals surface area contributed by atoms with Crippen LogP contribution in [0, 0.1) is 18.3 Å². The van der Waals surface area contributed by atoms with Crippen molar-refractivity contribution in [3.05, 3.63) is 35.9 Å². The maximum absolute atomic E-state index is 11.7. The molecular weight excluding hydrogens is 368 g/mol. The summed E-state index contributed by atoms with van der Waals surface area (Å²) in [6.45, 7) is 2.20. The van der Waals surface area contributed by atoms with Gasteiger partial charge in [-0.1, -0.05) is 62.4 Å². The summed E-state index contributed by atoms with van der Waals surface area (Å²) in [5.74, 6) is 6.03. The lowest BCUT2D eigenvalue weighted by Gasteiger charge is -2.42. The third-order valence-corrected chi connectivity index (χ3v) is 10.9. The topological polar surface area (TPSA) is 20.2 Å². The highest BCUT2D eigenvalue weighted by Crippen LogP contribution is 2.57. The van der Waals surface area contributed by atoms with Crippen molar-refractivity contribution in [2.45, 2.75) is 51.0 Å². The number of hydrogen-bond acceptors (Lipinski definition) is 1. The minimum absolute atomic E-state index is 0.373. The summed E-state index contributed by atoms with van der Waals surface area (Å²) < 4.78 is 0. The summed E-state index contributed by atoms with van der Waals surface area (Å²) in [5.41, 5.74) is 0.371. The Balaban J connectivity index is 2.22. The highest BCUT2D eigenvalue weighted by Gasteiger charge is 2.39. The van der Waals surface area contributed by atoms with Crippen molar-refractivity contribution in [2.24, 2.45) is 5.92 Å². The van der Waals surface area contributed by atoms with Crippen LogP contribution >= 0.6 is 23.3 Å². The van der Waals surface area contributed by atoms with Crippen molar-refractivity contribution in [1.29, 1.82) is 0 Å². The average Bonchev–Trinajstić information content (AvgIpc) is 2.61. The van der Waals surface area contributed by atoms with Crippen LogP contribution in [-0.4, -0.2) is 22.4 Å². The van der Waals surface area contributed by atoms with E-state index in [4.69, 9.17) is 6.42 Å². The Labute approximate surface area is 150 Å². The maximum Gasteiger partial charge on any atom is 0.0932 e.